The molecule has 0 aliphatic carbocycles. The molecule has 4 unspecified atom stereocenters. The van der Waals surface area contributed by atoms with Gasteiger partial charge in [0.05, 0.1) is 0 Å². The van der Waals surface area contributed by atoms with Gasteiger partial charge < -0.3 is 65.7 Å². The van der Waals surface area contributed by atoms with Crippen LogP contribution in [0.3, 0.4) is 0 Å². The number of aliphatic carboxylic acids is 15. The third-order valence-electron chi connectivity index (χ3n) is 11.9. The van der Waals surface area contributed by atoms with Gasteiger partial charge in [-0.3, -0.25) is 0 Å². The summed E-state index contributed by atoms with van der Waals surface area (Å²) in [7, 11) is 0. The minimum atomic E-state index is -2.30. The van der Waals surface area contributed by atoms with Gasteiger partial charge in [0.25, 0.3) is 0 Å². The number of hydrogen-bond donors (Lipinski definition) is 15. The van der Waals surface area contributed by atoms with E-state index < -0.39 is 250 Å². The molecule has 0 saturated carbocycles. The molecule has 0 bridgehead atoms. The molecular formula is C57H122O43Sn7. The van der Waals surface area contributed by atoms with Crippen LogP contribution in [0.15, 0.2) is 0 Å². The Morgan fingerprint density at radius 2 is 0.514 bits per heavy atom. The van der Waals surface area contributed by atoms with E-state index in [1.165, 1.54) is 32.6 Å². The zero-order valence-electron chi connectivity index (χ0n) is 60.7. The molecular weight excluding hydrogens is 2200 g/mol. The van der Waals surface area contributed by atoms with Crippen molar-refractivity contribution in [3.63, 3.8) is 0 Å². The van der Waals surface area contributed by atoms with Gasteiger partial charge in [-0.1, -0.05) is 0 Å². The Kier molecular flexibility index (Phi) is 150. The fourth-order valence-electron chi connectivity index (χ4n) is 6.60. The Bertz CT molecular complexity index is 2130. The van der Waals surface area contributed by atoms with E-state index in [-0.39, 0.29) is 162 Å². The molecule has 0 aliphatic heterocycles. The Balaban J connectivity index is -0.0000000497. The van der Waals surface area contributed by atoms with Crippen LogP contribution in [0.5, 0.6) is 0 Å². The second kappa shape index (κ2) is 105. The molecule has 12 radical (unpaired) electrons. The van der Waals surface area contributed by atoms with E-state index in [1.807, 2.05) is 0 Å². The molecule has 0 amide bonds. The quantitative estimate of drug-likeness (QED) is 0.0218. The van der Waals surface area contributed by atoms with Crippen molar-refractivity contribution in [2.45, 2.75) is 208 Å². The molecule has 0 saturated heterocycles. The number of Topliss-reactive ketones (excluding diaryl/α,β-unsaturated/α-hetero) is 1. The Morgan fingerprint density at radius 3 is 0.757 bits per heavy atom. The summed E-state index contributed by atoms with van der Waals surface area (Å²) in [6.45, 7) is 5.96. The summed E-state index contributed by atoms with van der Waals surface area (Å²) < 4.78 is 10.4. The first-order valence-electron chi connectivity index (χ1n) is 30.1. The van der Waals surface area contributed by atoms with Crippen LogP contribution >= 0.6 is 0 Å². The molecule has 4 atom stereocenters. The van der Waals surface area contributed by atoms with Crippen molar-refractivity contribution < 1.29 is 219 Å². The summed E-state index contributed by atoms with van der Waals surface area (Å²) in [5, 5.41) is 127. The molecule has 0 fully saturated rings. The summed E-state index contributed by atoms with van der Waals surface area (Å²) in [6.07, 6.45) is 8.09. The summed E-state index contributed by atoms with van der Waals surface area (Å²) in [5.74, 6) is -17.9. The van der Waals surface area contributed by atoms with Crippen LogP contribution in [0.2, 0.25) is 72.0 Å². The van der Waals surface area contributed by atoms with Gasteiger partial charge in [0.15, 0.2) is 0 Å². The molecule has 107 heavy (non-hydrogen) atoms. The molecule has 0 rings (SSSR count). The second-order valence-corrected chi connectivity index (χ2v) is 60.9. The molecule has 0 heterocycles. The standard InChI is InChI=1S/C7H11O3.C6H9O4.2C5H7O4.2C4H7O2.2C4H9.4C3H5O2.2C2H3O2.2CH3.12H2O.7Sn/c1-3-6(5(2)8)4-7(9)10;1-2-4(6(9)10)3-5(7)8;2*1-3(5(8)9)2-4(6)7;2*1-2-3-4(5)6;2*1-3-4-2;4*1-2-3(4)5;2*1-2(3)4;;;;;;;;;;;;;;;;;;;;;/h6H,1,3-4H2,2H3,(H,9,10);4H,1-3H2,(H,7,8)(H,9,10);2*3H,1-2H2,(H,6,7)(H,8,9);2*1-3H2,(H,5,6);2*1,3-4H2,2H3;4*1-2H2,(H,4,5);2*1H2,(H,3,4);2*1H3;12*1H2;;;;;;;. The van der Waals surface area contributed by atoms with Crippen molar-refractivity contribution in [2.24, 2.45) is 23.7 Å². The molecule has 50 heteroatoms. The van der Waals surface area contributed by atoms with Crippen molar-refractivity contribution in [3.8, 4) is 0 Å². The first-order valence-corrected chi connectivity index (χ1v) is 64.1. The van der Waals surface area contributed by atoms with E-state index in [9.17, 15) is 76.7 Å². The van der Waals surface area contributed by atoms with Crippen molar-refractivity contribution in [2.75, 3.05) is 0 Å². The van der Waals surface area contributed by atoms with Gasteiger partial charge in [-0.15, -0.1) is 0 Å². The average molecular weight is 2330 g/mol. The van der Waals surface area contributed by atoms with Crippen molar-refractivity contribution in [1.82, 2.24) is 0 Å². The third-order valence-corrected chi connectivity index (χ3v) is 43.9. The van der Waals surface area contributed by atoms with E-state index in [4.69, 9.17) is 76.6 Å². The van der Waals surface area contributed by atoms with E-state index in [0.717, 1.165) is 43.9 Å². The Labute approximate surface area is 684 Å². The third kappa shape index (κ3) is 145. The second-order valence-electron chi connectivity index (χ2n) is 21.4. The molecule has 0 aromatic rings. The summed E-state index contributed by atoms with van der Waals surface area (Å²) in [4.78, 5) is 170. The van der Waals surface area contributed by atoms with E-state index in [2.05, 4.69) is 23.7 Å². The average Bonchev–Trinajstić information content (AvgIpc) is 0.945. The molecule has 636 valence electrons. The number of ketones is 1. The molecule has 0 aromatic heterocycles. The predicted octanol–water partition coefficient (Wildman–Crippen LogP) is -2.65. The van der Waals surface area contributed by atoms with Gasteiger partial charge in [0.1, 0.15) is 0 Å². The fourth-order valence-corrected chi connectivity index (χ4v) is 32.4. The van der Waals surface area contributed by atoms with Gasteiger partial charge in [0.2, 0.25) is 0 Å². The maximum absolute atomic E-state index is 11.3. The summed E-state index contributed by atoms with van der Waals surface area (Å²) >= 11 is -6.74. The Hall–Kier alpha value is -3.17. The number of carboxylic acids is 15. The minimum absolute atomic E-state index is 0. The van der Waals surface area contributed by atoms with Crippen molar-refractivity contribution in [1.29, 1.82) is 0 Å². The van der Waals surface area contributed by atoms with Gasteiger partial charge >= 0.3 is 626 Å². The van der Waals surface area contributed by atoms with Crippen LogP contribution in [-0.4, -0.2) is 383 Å². The Morgan fingerprint density at radius 1 is 0.271 bits per heavy atom. The number of hydrogen-bond acceptors (Lipinski definition) is 16. The molecule has 0 aromatic carbocycles. The first kappa shape index (κ1) is 153. The SMILES string of the molecule is CC(=O)C(C[CH2][Sn][CH2]CC(CC(=O)O)C(=O)O)CC(=O)O.CCC[CH2][Sn][CH2]CCC.O.O.O.O.O.O.O.O.O.O.O.O.O=C(O)CC([CH2][Sn][CH2]C(CC(=O)O)C(=O)O)C(=O)O.O=C(O)CC[CH2][Sn][CH2]CCC(=O)O.O=C(O)C[CH2][Sn][CH2]CC(=O)O.O=C(O)[CH2][Sn][CH2]C(=O)O.[CH3][Sn]([CH3])([CH2]CC(=O)O)[CH2]CC(=O)O. The molecule has 43 nitrogen and oxygen atoms in total. The van der Waals surface area contributed by atoms with Gasteiger partial charge in [-0.05, 0) is 0 Å². The molecule has 0 spiro atoms. The monoisotopic (exact) mass is 2330 g/mol. The van der Waals surface area contributed by atoms with E-state index >= 15 is 0 Å². The molecule has 0 aliphatic rings. The summed E-state index contributed by atoms with van der Waals surface area (Å²) in [5.41, 5.74) is 0. The van der Waals surface area contributed by atoms with Crippen LogP contribution < -0.4 is 0 Å². The molecule has 39 N–H and O–H groups in total. The van der Waals surface area contributed by atoms with Crippen LogP contribution in [0.1, 0.15) is 136 Å². The topological polar surface area (TPSA) is 955 Å². The van der Waals surface area contributed by atoms with E-state index in [0.29, 0.717) is 17.3 Å². The zero-order chi connectivity index (χ0) is 74.9. The number of carbonyl (C=O) groups is 16. The van der Waals surface area contributed by atoms with Crippen LogP contribution in [0.4, 0.5) is 0 Å². The van der Waals surface area contributed by atoms with Gasteiger partial charge in [-0.2, -0.15) is 0 Å². The van der Waals surface area contributed by atoms with E-state index in [1.54, 1.807) is 8.87 Å². The fraction of sp³-hybridized carbons (Fsp3) is 0.719. The van der Waals surface area contributed by atoms with Gasteiger partial charge in [0, 0.05) is 0 Å². The van der Waals surface area contributed by atoms with Crippen molar-refractivity contribution in [3.05, 3.63) is 0 Å². The number of carbonyl (C=O) groups excluding carboxylic acids is 1. The zero-order valence-corrected chi connectivity index (χ0v) is 80.7. The van der Waals surface area contributed by atoms with Crippen LogP contribution in [-0.2, 0) is 76.7 Å². The van der Waals surface area contributed by atoms with Crippen LogP contribution in [0.25, 0.3) is 0 Å². The first-order chi connectivity index (χ1) is 44.1. The number of unbranched alkanes of at least 4 members (excludes halogenated alkanes) is 2. The maximum atomic E-state index is 11.3. The van der Waals surface area contributed by atoms with Crippen LogP contribution in [0, 0.1) is 23.7 Å². The summed E-state index contributed by atoms with van der Waals surface area (Å²) in [6, 6.07) is 0. The van der Waals surface area contributed by atoms with Crippen molar-refractivity contribution >= 4 is 241 Å². The normalized spacial score (nSPS) is 10.1. The number of rotatable bonds is 52. The van der Waals surface area contributed by atoms with Gasteiger partial charge in [-0.25, -0.2) is 0 Å². The predicted molar refractivity (Wildman–Crippen MR) is 396 cm³/mol. The number of carboxylic acid groups (broad SMARTS) is 15.